The molecule has 0 atom stereocenters. The monoisotopic (exact) mass is 261 g/mol. The van der Waals surface area contributed by atoms with Crippen LogP contribution in [0.5, 0.6) is 0 Å². The van der Waals surface area contributed by atoms with Gasteiger partial charge in [0.1, 0.15) is 5.69 Å². The second-order valence-electron chi connectivity index (χ2n) is 4.63. The van der Waals surface area contributed by atoms with Gasteiger partial charge in [0.15, 0.2) is 0 Å². The van der Waals surface area contributed by atoms with Crippen LogP contribution in [0, 0.1) is 17.2 Å². The van der Waals surface area contributed by atoms with Gasteiger partial charge in [0.25, 0.3) is 5.91 Å². The summed E-state index contributed by atoms with van der Waals surface area (Å²) in [5, 5.41) is 8.64. The van der Waals surface area contributed by atoms with Crippen molar-refractivity contribution in [1.82, 2.24) is 9.88 Å². The number of aromatic nitrogens is 1. The van der Waals surface area contributed by atoms with Crippen molar-refractivity contribution < 1.29 is 4.79 Å². The van der Waals surface area contributed by atoms with Gasteiger partial charge in [0.05, 0.1) is 24.4 Å². The molecule has 1 aromatic rings. The minimum absolute atomic E-state index is 0.160. The summed E-state index contributed by atoms with van der Waals surface area (Å²) in [6.07, 6.45) is 1.83. The number of nitrogens with zero attached hydrogens (tertiary/aromatic N) is 3. The van der Waals surface area contributed by atoms with Crippen molar-refractivity contribution in [3.8, 4) is 6.07 Å². The highest BCUT2D eigenvalue weighted by Crippen LogP contribution is 2.09. The molecule has 6 nitrogen and oxygen atoms in total. The fourth-order valence-electron chi connectivity index (χ4n) is 1.67. The van der Waals surface area contributed by atoms with E-state index in [0.29, 0.717) is 36.8 Å². The molecule has 0 aliphatic rings. The van der Waals surface area contributed by atoms with Crippen molar-refractivity contribution in [2.45, 2.75) is 20.3 Å². The summed E-state index contributed by atoms with van der Waals surface area (Å²) >= 11 is 0. The topological polar surface area (TPSA) is 95.0 Å². The molecular weight excluding hydrogens is 242 g/mol. The summed E-state index contributed by atoms with van der Waals surface area (Å²) in [5.41, 5.74) is 3.46. The van der Waals surface area contributed by atoms with Crippen LogP contribution in [0.25, 0.3) is 0 Å². The van der Waals surface area contributed by atoms with Crippen LogP contribution in [0.3, 0.4) is 0 Å². The Bertz CT molecular complexity index is 449. The number of rotatable bonds is 6. The van der Waals surface area contributed by atoms with E-state index in [0.717, 1.165) is 0 Å². The molecule has 1 rings (SSSR count). The first-order valence-corrected chi connectivity index (χ1v) is 6.17. The van der Waals surface area contributed by atoms with E-state index < -0.39 is 0 Å². The Morgan fingerprint density at radius 2 is 2.32 bits per heavy atom. The number of carbonyl (C=O) groups excluding carboxylic acids is 1. The Hall–Kier alpha value is -2.13. The first-order chi connectivity index (χ1) is 9.08. The van der Waals surface area contributed by atoms with Gasteiger partial charge in [0.2, 0.25) is 0 Å². The largest absolute Gasteiger partial charge is 0.336 e. The third-order valence-electron chi connectivity index (χ3n) is 2.52. The predicted octanol–water partition coefficient (Wildman–Crippen LogP) is 1.38. The predicted molar refractivity (Wildman–Crippen MR) is 73.0 cm³/mol. The summed E-state index contributed by atoms with van der Waals surface area (Å²) in [5.74, 6) is 5.43. The average molecular weight is 261 g/mol. The SMILES string of the molecule is CC(C)CN(CCC#N)C(=O)c1ccc(NN)cn1. The molecule has 19 heavy (non-hydrogen) atoms. The summed E-state index contributed by atoms with van der Waals surface area (Å²) in [4.78, 5) is 18.0. The van der Waals surface area contributed by atoms with E-state index in [9.17, 15) is 4.79 Å². The zero-order valence-corrected chi connectivity index (χ0v) is 11.3. The Morgan fingerprint density at radius 1 is 1.58 bits per heavy atom. The van der Waals surface area contributed by atoms with Gasteiger partial charge in [-0.25, -0.2) is 4.98 Å². The number of hydrogen-bond acceptors (Lipinski definition) is 5. The number of nitrogen functional groups attached to an aromatic ring is 1. The maximum atomic E-state index is 12.3. The third kappa shape index (κ3) is 4.56. The standard InChI is InChI=1S/C13H19N5O/c1-10(2)9-18(7-3-6-14)13(19)12-5-4-11(17-15)8-16-12/h4-5,8,10,17H,3,7,9,15H2,1-2H3. The number of anilines is 1. The molecule has 3 N–H and O–H groups in total. The molecule has 0 unspecified atom stereocenters. The first-order valence-electron chi connectivity index (χ1n) is 6.17. The Balaban J connectivity index is 2.81. The lowest BCUT2D eigenvalue weighted by atomic mass is 10.2. The van der Waals surface area contributed by atoms with E-state index in [4.69, 9.17) is 11.1 Å². The Morgan fingerprint density at radius 3 is 2.79 bits per heavy atom. The second-order valence-corrected chi connectivity index (χ2v) is 4.63. The fraction of sp³-hybridized carbons (Fsp3) is 0.462. The molecule has 0 fully saturated rings. The van der Waals surface area contributed by atoms with E-state index in [2.05, 4.69) is 16.5 Å². The van der Waals surface area contributed by atoms with Gasteiger partial charge in [-0.15, -0.1) is 0 Å². The zero-order valence-electron chi connectivity index (χ0n) is 11.3. The molecule has 1 aromatic heterocycles. The van der Waals surface area contributed by atoms with E-state index >= 15 is 0 Å². The van der Waals surface area contributed by atoms with Crippen molar-refractivity contribution in [3.05, 3.63) is 24.0 Å². The van der Waals surface area contributed by atoms with Gasteiger partial charge in [-0.1, -0.05) is 13.8 Å². The minimum Gasteiger partial charge on any atom is -0.336 e. The zero-order chi connectivity index (χ0) is 14.3. The molecule has 102 valence electrons. The van der Waals surface area contributed by atoms with Gasteiger partial charge in [-0.2, -0.15) is 5.26 Å². The summed E-state index contributed by atoms with van der Waals surface area (Å²) in [6, 6.07) is 5.37. The molecule has 0 aliphatic heterocycles. The number of pyridine rings is 1. The molecule has 1 heterocycles. The van der Waals surface area contributed by atoms with Crippen molar-refractivity contribution >= 4 is 11.6 Å². The van der Waals surface area contributed by atoms with Crippen LogP contribution in [0.2, 0.25) is 0 Å². The fourth-order valence-corrected chi connectivity index (χ4v) is 1.67. The summed E-state index contributed by atoms with van der Waals surface area (Å²) in [7, 11) is 0. The quantitative estimate of drug-likeness (QED) is 0.596. The highest BCUT2D eigenvalue weighted by Gasteiger charge is 2.17. The van der Waals surface area contributed by atoms with E-state index in [1.165, 1.54) is 6.20 Å². The number of nitriles is 1. The van der Waals surface area contributed by atoms with Crippen LogP contribution >= 0.6 is 0 Å². The maximum Gasteiger partial charge on any atom is 0.272 e. The van der Waals surface area contributed by atoms with Gasteiger partial charge in [-0.05, 0) is 18.1 Å². The molecule has 0 aliphatic carbocycles. The van der Waals surface area contributed by atoms with Crippen LogP contribution in [0.15, 0.2) is 18.3 Å². The summed E-state index contributed by atoms with van der Waals surface area (Å²) in [6.45, 7) is 5.09. The van der Waals surface area contributed by atoms with Crippen LogP contribution in [-0.4, -0.2) is 28.9 Å². The second kappa shape index (κ2) is 7.34. The Kier molecular flexibility index (Phi) is 5.76. The number of amides is 1. The van der Waals surface area contributed by atoms with Gasteiger partial charge in [0, 0.05) is 13.1 Å². The smallest absolute Gasteiger partial charge is 0.272 e. The molecule has 0 bridgehead atoms. The van der Waals surface area contributed by atoms with Crippen LogP contribution in [-0.2, 0) is 0 Å². The average Bonchev–Trinajstić information content (AvgIpc) is 2.42. The first kappa shape index (κ1) is 14.9. The molecule has 0 saturated carbocycles. The van der Waals surface area contributed by atoms with Gasteiger partial charge < -0.3 is 10.3 Å². The van der Waals surface area contributed by atoms with Gasteiger partial charge >= 0.3 is 0 Å². The molecule has 0 aromatic carbocycles. The number of nitrogens with one attached hydrogen (secondary N) is 1. The number of hydrazine groups is 1. The van der Waals surface area contributed by atoms with E-state index in [1.807, 2.05) is 13.8 Å². The van der Waals surface area contributed by atoms with Crippen molar-refractivity contribution in [2.24, 2.45) is 11.8 Å². The number of hydrogen-bond donors (Lipinski definition) is 2. The number of carbonyl (C=O) groups is 1. The van der Waals surface area contributed by atoms with Crippen molar-refractivity contribution in [1.29, 1.82) is 5.26 Å². The minimum atomic E-state index is -0.160. The highest BCUT2D eigenvalue weighted by atomic mass is 16.2. The van der Waals surface area contributed by atoms with Crippen molar-refractivity contribution in [3.63, 3.8) is 0 Å². The number of nitrogens with two attached hydrogens (primary N) is 1. The molecule has 0 saturated heterocycles. The molecule has 0 radical (unpaired) electrons. The summed E-state index contributed by atoms with van der Waals surface area (Å²) < 4.78 is 0. The highest BCUT2D eigenvalue weighted by molar-refractivity contribution is 5.92. The molecule has 6 heteroatoms. The van der Waals surface area contributed by atoms with E-state index in [1.54, 1.807) is 17.0 Å². The van der Waals surface area contributed by atoms with Crippen LogP contribution < -0.4 is 11.3 Å². The molecular formula is C13H19N5O. The van der Waals surface area contributed by atoms with Gasteiger partial charge in [-0.3, -0.25) is 10.6 Å². The lowest BCUT2D eigenvalue weighted by molar-refractivity contribution is 0.0734. The molecule has 0 spiro atoms. The van der Waals surface area contributed by atoms with E-state index in [-0.39, 0.29) is 5.91 Å². The molecule has 1 amide bonds. The van der Waals surface area contributed by atoms with Crippen LogP contribution in [0.4, 0.5) is 5.69 Å². The normalized spacial score (nSPS) is 10.1. The van der Waals surface area contributed by atoms with Crippen molar-refractivity contribution in [2.75, 3.05) is 18.5 Å². The maximum absolute atomic E-state index is 12.3. The lowest BCUT2D eigenvalue weighted by Crippen LogP contribution is -2.35. The Labute approximate surface area is 113 Å². The van der Waals surface area contributed by atoms with Crippen LogP contribution in [0.1, 0.15) is 30.8 Å². The lowest BCUT2D eigenvalue weighted by Gasteiger charge is -2.23. The third-order valence-corrected chi connectivity index (χ3v) is 2.52.